The quantitative estimate of drug-likeness (QED) is 0.869. The largest absolute Gasteiger partial charge is 0.320 e. The molecule has 0 fully saturated rings. The van der Waals surface area contributed by atoms with Crippen molar-refractivity contribution in [3.8, 4) is 0 Å². The highest BCUT2D eigenvalue weighted by Gasteiger charge is 2.17. The zero-order valence-corrected chi connectivity index (χ0v) is 11.2. The minimum absolute atomic E-state index is 0.697. The summed E-state index contributed by atoms with van der Waals surface area (Å²) in [6.45, 7) is 5.54. The summed E-state index contributed by atoms with van der Waals surface area (Å²) in [6.07, 6.45) is 5.94. The molecule has 1 unspecified atom stereocenters. The van der Waals surface area contributed by atoms with Crippen molar-refractivity contribution in [2.75, 3.05) is 13.6 Å². The molecular formula is C13H20N2S. The van der Waals surface area contributed by atoms with Gasteiger partial charge in [-0.2, -0.15) is 0 Å². The lowest BCUT2D eigenvalue weighted by Crippen LogP contribution is -2.14. The van der Waals surface area contributed by atoms with Crippen molar-refractivity contribution in [3.63, 3.8) is 0 Å². The summed E-state index contributed by atoms with van der Waals surface area (Å²) >= 11 is 1.83. The molecule has 16 heavy (non-hydrogen) atoms. The van der Waals surface area contributed by atoms with Gasteiger partial charge in [0.25, 0.3) is 0 Å². The molecule has 1 atom stereocenters. The van der Waals surface area contributed by atoms with Gasteiger partial charge in [-0.25, -0.2) is 4.98 Å². The minimum atomic E-state index is 0.697. The van der Waals surface area contributed by atoms with Gasteiger partial charge in [0.2, 0.25) is 0 Å². The van der Waals surface area contributed by atoms with Crippen LogP contribution in [0.5, 0.6) is 0 Å². The monoisotopic (exact) mass is 236 g/mol. The molecular weight excluding hydrogens is 216 g/mol. The number of allylic oxidation sites excluding steroid dienone is 1. The molecule has 1 aliphatic rings. The number of thiazole rings is 1. The van der Waals surface area contributed by atoms with E-state index in [2.05, 4.69) is 30.2 Å². The van der Waals surface area contributed by atoms with E-state index in [-0.39, 0.29) is 0 Å². The molecule has 1 heterocycles. The van der Waals surface area contributed by atoms with Crippen LogP contribution < -0.4 is 5.32 Å². The van der Waals surface area contributed by atoms with Gasteiger partial charge in [-0.15, -0.1) is 11.3 Å². The standard InChI is InChI=1S/C13H20N2S/c1-9(6-7-14-3)11-4-5-12-13(8-11)16-10(2)15-12/h8-9,14H,4-7H2,1-3H3. The molecule has 0 bridgehead atoms. The average Bonchev–Trinajstić information content (AvgIpc) is 2.64. The minimum Gasteiger partial charge on any atom is -0.320 e. The zero-order chi connectivity index (χ0) is 11.5. The van der Waals surface area contributed by atoms with Crippen molar-refractivity contribution < 1.29 is 0 Å². The molecule has 1 aliphatic carbocycles. The van der Waals surface area contributed by atoms with Crippen LogP contribution >= 0.6 is 11.3 Å². The van der Waals surface area contributed by atoms with Crippen LogP contribution in [-0.4, -0.2) is 18.6 Å². The average molecular weight is 236 g/mol. The van der Waals surface area contributed by atoms with Gasteiger partial charge in [0.15, 0.2) is 0 Å². The van der Waals surface area contributed by atoms with Crippen molar-refractivity contribution in [2.45, 2.75) is 33.1 Å². The molecule has 0 saturated carbocycles. The zero-order valence-electron chi connectivity index (χ0n) is 10.3. The number of hydrogen-bond acceptors (Lipinski definition) is 3. The molecule has 2 nitrogen and oxygen atoms in total. The third-order valence-electron chi connectivity index (χ3n) is 3.26. The Labute approximate surface area is 102 Å². The maximum Gasteiger partial charge on any atom is 0.0903 e. The van der Waals surface area contributed by atoms with E-state index in [1.165, 1.54) is 28.4 Å². The van der Waals surface area contributed by atoms with Gasteiger partial charge in [-0.3, -0.25) is 0 Å². The summed E-state index contributed by atoms with van der Waals surface area (Å²) in [5, 5.41) is 4.42. The van der Waals surface area contributed by atoms with Crippen molar-refractivity contribution in [1.82, 2.24) is 10.3 Å². The summed E-state index contributed by atoms with van der Waals surface area (Å²) in [6, 6.07) is 0. The Balaban J connectivity index is 2.10. The first kappa shape index (κ1) is 11.8. The summed E-state index contributed by atoms with van der Waals surface area (Å²) in [5.41, 5.74) is 2.92. The number of hydrogen-bond donors (Lipinski definition) is 1. The Morgan fingerprint density at radius 2 is 2.31 bits per heavy atom. The lowest BCUT2D eigenvalue weighted by molar-refractivity contribution is 0.565. The molecule has 0 spiro atoms. The van der Waals surface area contributed by atoms with E-state index in [4.69, 9.17) is 0 Å². The molecule has 88 valence electrons. The molecule has 1 N–H and O–H groups in total. The highest BCUT2D eigenvalue weighted by Crippen LogP contribution is 2.32. The first-order chi connectivity index (χ1) is 7.70. The van der Waals surface area contributed by atoms with Gasteiger partial charge in [-0.1, -0.05) is 12.5 Å². The van der Waals surface area contributed by atoms with Gasteiger partial charge in [-0.05, 0) is 51.8 Å². The summed E-state index contributed by atoms with van der Waals surface area (Å²) in [7, 11) is 2.02. The number of rotatable bonds is 4. The second-order valence-corrected chi connectivity index (χ2v) is 5.79. The van der Waals surface area contributed by atoms with Crippen LogP contribution in [0.15, 0.2) is 5.57 Å². The van der Waals surface area contributed by atoms with Crippen molar-refractivity contribution in [2.24, 2.45) is 5.92 Å². The Morgan fingerprint density at radius 1 is 1.50 bits per heavy atom. The predicted molar refractivity (Wildman–Crippen MR) is 70.9 cm³/mol. The lowest BCUT2D eigenvalue weighted by atomic mass is 9.89. The fourth-order valence-electron chi connectivity index (χ4n) is 2.22. The molecule has 0 amide bonds. The molecule has 1 aromatic rings. The van der Waals surface area contributed by atoms with E-state index in [0.717, 1.165) is 13.0 Å². The van der Waals surface area contributed by atoms with Gasteiger partial charge in [0.1, 0.15) is 0 Å². The summed E-state index contributed by atoms with van der Waals surface area (Å²) < 4.78 is 0. The molecule has 1 aromatic heterocycles. The number of nitrogens with zero attached hydrogens (tertiary/aromatic N) is 1. The number of aromatic nitrogens is 1. The van der Waals surface area contributed by atoms with Gasteiger partial charge in [0, 0.05) is 0 Å². The van der Waals surface area contributed by atoms with E-state index in [1.54, 1.807) is 5.57 Å². The van der Waals surface area contributed by atoms with Crippen LogP contribution in [0.4, 0.5) is 0 Å². The van der Waals surface area contributed by atoms with E-state index in [9.17, 15) is 0 Å². The third kappa shape index (κ3) is 2.53. The Kier molecular flexibility index (Phi) is 3.77. The maximum absolute atomic E-state index is 4.57. The van der Waals surface area contributed by atoms with Crippen LogP contribution in [0.25, 0.3) is 6.08 Å². The lowest BCUT2D eigenvalue weighted by Gasteiger charge is -2.19. The van der Waals surface area contributed by atoms with E-state index < -0.39 is 0 Å². The van der Waals surface area contributed by atoms with Crippen LogP contribution in [0.3, 0.4) is 0 Å². The topological polar surface area (TPSA) is 24.9 Å². The highest BCUT2D eigenvalue weighted by atomic mass is 32.1. The first-order valence-corrected chi connectivity index (χ1v) is 6.83. The number of fused-ring (bicyclic) bond motifs is 1. The van der Waals surface area contributed by atoms with Gasteiger partial charge in [0.05, 0.1) is 15.6 Å². The SMILES string of the molecule is CNCCC(C)C1=Cc2sc(C)nc2CC1. The van der Waals surface area contributed by atoms with Gasteiger partial charge >= 0.3 is 0 Å². The van der Waals surface area contributed by atoms with Crippen LogP contribution in [0.1, 0.15) is 35.3 Å². The highest BCUT2D eigenvalue weighted by molar-refractivity contribution is 7.12. The predicted octanol–water partition coefficient (Wildman–Crippen LogP) is 3.03. The normalized spacial score (nSPS) is 16.8. The molecule has 0 aliphatic heterocycles. The van der Waals surface area contributed by atoms with E-state index in [1.807, 2.05) is 18.4 Å². The fourth-order valence-corrected chi connectivity index (χ4v) is 3.17. The summed E-state index contributed by atoms with van der Waals surface area (Å²) in [5.74, 6) is 0.697. The third-order valence-corrected chi connectivity index (χ3v) is 4.22. The molecule has 0 radical (unpaired) electrons. The van der Waals surface area contributed by atoms with E-state index >= 15 is 0 Å². The van der Waals surface area contributed by atoms with Crippen LogP contribution in [0.2, 0.25) is 0 Å². The van der Waals surface area contributed by atoms with Gasteiger partial charge < -0.3 is 5.32 Å². The summed E-state index contributed by atoms with van der Waals surface area (Å²) in [4.78, 5) is 5.97. The Hall–Kier alpha value is -0.670. The molecule has 2 rings (SSSR count). The van der Waals surface area contributed by atoms with Crippen molar-refractivity contribution in [3.05, 3.63) is 21.2 Å². The number of nitrogens with one attached hydrogen (secondary N) is 1. The Morgan fingerprint density at radius 3 is 3.06 bits per heavy atom. The molecule has 3 heteroatoms. The maximum atomic E-state index is 4.57. The molecule has 0 aromatic carbocycles. The van der Waals surface area contributed by atoms with Crippen LogP contribution in [0, 0.1) is 12.8 Å². The second-order valence-electron chi connectivity index (χ2n) is 4.56. The van der Waals surface area contributed by atoms with E-state index in [0.29, 0.717) is 5.92 Å². The fraction of sp³-hybridized carbons (Fsp3) is 0.615. The van der Waals surface area contributed by atoms with Crippen molar-refractivity contribution >= 4 is 17.4 Å². The second kappa shape index (κ2) is 5.11. The smallest absolute Gasteiger partial charge is 0.0903 e. The number of aryl methyl sites for hydroxylation is 2. The molecule has 0 saturated heterocycles. The first-order valence-electron chi connectivity index (χ1n) is 6.02. The Bertz CT molecular complexity index is 393. The van der Waals surface area contributed by atoms with Crippen molar-refractivity contribution in [1.29, 1.82) is 0 Å². The van der Waals surface area contributed by atoms with Crippen LogP contribution in [-0.2, 0) is 6.42 Å².